The van der Waals surface area contributed by atoms with Crippen molar-refractivity contribution in [1.29, 1.82) is 0 Å². The molecule has 1 amide bonds. The lowest BCUT2D eigenvalue weighted by Gasteiger charge is -2.04. The number of pyridine rings is 1. The fourth-order valence-corrected chi connectivity index (χ4v) is 2.34. The molecule has 1 aliphatic carbocycles. The molecule has 0 saturated heterocycles. The van der Waals surface area contributed by atoms with Gasteiger partial charge in [0.1, 0.15) is 11.6 Å². The molecule has 1 fully saturated rings. The van der Waals surface area contributed by atoms with Gasteiger partial charge >= 0.3 is 0 Å². The van der Waals surface area contributed by atoms with Gasteiger partial charge in [-0.25, -0.2) is 9.37 Å². The van der Waals surface area contributed by atoms with Gasteiger partial charge in [-0.15, -0.1) is 0 Å². The highest BCUT2D eigenvalue weighted by atomic mass is 35.5. The van der Waals surface area contributed by atoms with E-state index in [1.807, 2.05) is 0 Å². The summed E-state index contributed by atoms with van der Waals surface area (Å²) in [5.74, 6) is 0.264. The van der Waals surface area contributed by atoms with E-state index in [-0.39, 0.29) is 23.6 Å². The van der Waals surface area contributed by atoms with Crippen molar-refractivity contribution in [3.8, 4) is 0 Å². The Labute approximate surface area is 120 Å². The average Bonchev–Trinajstić information content (AvgIpc) is 3.23. The van der Waals surface area contributed by atoms with Gasteiger partial charge in [0, 0.05) is 12.1 Å². The number of benzene rings is 1. The number of hydrogen-bond donors (Lipinski definition) is 1. The van der Waals surface area contributed by atoms with Crippen molar-refractivity contribution in [2.75, 3.05) is 5.32 Å². The summed E-state index contributed by atoms with van der Waals surface area (Å²) >= 11 is 5.73. The zero-order valence-corrected chi connectivity index (χ0v) is 11.3. The van der Waals surface area contributed by atoms with Crippen LogP contribution < -0.4 is 5.32 Å². The highest BCUT2D eigenvalue weighted by Gasteiger charge is 2.43. The van der Waals surface area contributed by atoms with Crippen molar-refractivity contribution in [2.45, 2.75) is 12.3 Å². The van der Waals surface area contributed by atoms with Gasteiger partial charge in [-0.3, -0.25) is 4.79 Å². The lowest BCUT2D eigenvalue weighted by atomic mass is 10.1. The third kappa shape index (κ3) is 2.80. The zero-order valence-electron chi connectivity index (χ0n) is 10.5. The topological polar surface area (TPSA) is 42.0 Å². The normalized spacial score (nSPS) is 20.5. The summed E-state index contributed by atoms with van der Waals surface area (Å²) in [7, 11) is 0. The fourth-order valence-electron chi connectivity index (χ4n) is 2.23. The molecule has 1 aromatic heterocycles. The minimum Gasteiger partial charge on any atom is -0.310 e. The summed E-state index contributed by atoms with van der Waals surface area (Å²) in [6.45, 7) is 0. The molecular formula is C15H12ClFN2O. The quantitative estimate of drug-likeness (QED) is 0.938. The summed E-state index contributed by atoms with van der Waals surface area (Å²) < 4.78 is 12.8. The Bertz CT molecular complexity index is 627. The minimum absolute atomic E-state index is 0.0610. The Morgan fingerprint density at radius 1 is 1.25 bits per heavy atom. The van der Waals surface area contributed by atoms with Crippen LogP contribution in [0.4, 0.5) is 10.2 Å². The fraction of sp³-hybridized carbons (Fsp3) is 0.200. The minimum atomic E-state index is -0.263. The van der Waals surface area contributed by atoms with E-state index in [0.717, 1.165) is 12.0 Å². The molecule has 102 valence electrons. The second-order valence-corrected chi connectivity index (χ2v) is 5.29. The Morgan fingerprint density at radius 2 is 2.00 bits per heavy atom. The van der Waals surface area contributed by atoms with E-state index in [2.05, 4.69) is 10.3 Å². The Morgan fingerprint density at radius 3 is 2.65 bits per heavy atom. The van der Waals surface area contributed by atoms with Crippen LogP contribution in [-0.2, 0) is 4.79 Å². The SMILES string of the molecule is O=C(Nc1ccc(Cl)cn1)[C@H]1C[C@@H]1c1ccc(F)cc1. The number of aromatic nitrogens is 1. The Balaban J connectivity index is 1.62. The molecule has 3 rings (SSSR count). The van der Waals surface area contributed by atoms with Gasteiger partial charge in [-0.2, -0.15) is 0 Å². The molecule has 0 aliphatic heterocycles. The van der Waals surface area contributed by atoms with Crippen LogP contribution in [0.2, 0.25) is 5.02 Å². The van der Waals surface area contributed by atoms with Crippen molar-refractivity contribution in [3.63, 3.8) is 0 Å². The van der Waals surface area contributed by atoms with Crippen LogP contribution in [0, 0.1) is 11.7 Å². The number of carbonyl (C=O) groups excluding carboxylic acids is 1. The van der Waals surface area contributed by atoms with E-state index in [0.29, 0.717) is 10.8 Å². The number of amides is 1. The van der Waals surface area contributed by atoms with E-state index in [9.17, 15) is 9.18 Å². The average molecular weight is 291 g/mol. The summed E-state index contributed by atoms with van der Waals surface area (Å²) in [6.07, 6.45) is 2.27. The first-order valence-electron chi connectivity index (χ1n) is 6.31. The first kappa shape index (κ1) is 13.1. The molecule has 0 bridgehead atoms. The molecule has 0 radical (unpaired) electrons. The third-order valence-electron chi connectivity index (χ3n) is 3.40. The van der Waals surface area contributed by atoms with E-state index in [1.54, 1.807) is 24.3 Å². The first-order chi connectivity index (χ1) is 9.63. The molecule has 1 heterocycles. The van der Waals surface area contributed by atoms with E-state index >= 15 is 0 Å². The van der Waals surface area contributed by atoms with Crippen molar-refractivity contribution < 1.29 is 9.18 Å². The van der Waals surface area contributed by atoms with Crippen molar-refractivity contribution in [1.82, 2.24) is 4.98 Å². The monoisotopic (exact) mass is 290 g/mol. The highest BCUT2D eigenvalue weighted by molar-refractivity contribution is 6.30. The lowest BCUT2D eigenvalue weighted by molar-refractivity contribution is -0.117. The predicted molar refractivity (Wildman–Crippen MR) is 75.1 cm³/mol. The molecule has 5 heteroatoms. The molecule has 3 nitrogen and oxygen atoms in total. The molecule has 1 N–H and O–H groups in total. The zero-order chi connectivity index (χ0) is 14.1. The number of anilines is 1. The van der Waals surface area contributed by atoms with Crippen molar-refractivity contribution in [2.24, 2.45) is 5.92 Å². The second kappa shape index (κ2) is 5.21. The maximum absolute atomic E-state index is 12.8. The van der Waals surface area contributed by atoms with Gasteiger partial charge in [-0.1, -0.05) is 23.7 Å². The van der Waals surface area contributed by atoms with Crippen LogP contribution in [0.1, 0.15) is 17.9 Å². The number of hydrogen-bond acceptors (Lipinski definition) is 2. The molecule has 20 heavy (non-hydrogen) atoms. The first-order valence-corrected chi connectivity index (χ1v) is 6.69. The molecule has 1 aliphatic rings. The number of nitrogens with zero attached hydrogens (tertiary/aromatic N) is 1. The lowest BCUT2D eigenvalue weighted by Crippen LogP contribution is -2.15. The van der Waals surface area contributed by atoms with Crippen LogP contribution in [0.5, 0.6) is 0 Å². The van der Waals surface area contributed by atoms with Gasteiger partial charge in [0.2, 0.25) is 5.91 Å². The number of nitrogens with one attached hydrogen (secondary N) is 1. The predicted octanol–water partition coefficient (Wildman–Crippen LogP) is 3.62. The Kier molecular flexibility index (Phi) is 3.40. The highest BCUT2D eigenvalue weighted by Crippen LogP contribution is 2.47. The molecule has 1 saturated carbocycles. The van der Waals surface area contributed by atoms with Gasteiger partial charge in [-0.05, 0) is 42.2 Å². The third-order valence-corrected chi connectivity index (χ3v) is 3.63. The molecule has 1 aromatic carbocycles. The summed E-state index contributed by atoms with van der Waals surface area (Å²) in [6, 6.07) is 9.64. The second-order valence-electron chi connectivity index (χ2n) is 4.85. The molecule has 2 atom stereocenters. The molecular weight excluding hydrogens is 279 g/mol. The van der Waals surface area contributed by atoms with E-state index in [1.165, 1.54) is 18.3 Å². The van der Waals surface area contributed by atoms with Gasteiger partial charge in [0.25, 0.3) is 0 Å². The number of carbonyl (C=O) groups is 1. The maximum atomic E-state index is 12.8. The Hall–Kier alpha value is -1.94. The largest absolute Gasteiger partial charge is 0.310 e. The summed E-state index contributed by atoms with van der Waals surface area (Å²) in [4.78, 5) is 16.1. The van der Waals surface area contributed by atoms with Crippen molar-refractivity contribution >= 4 is 23.3 Å². The van der Waals surface area contributed by atoms with Crippen molar-refractivity contribution in [3.05, 3.63) is 59.0 Å². The molecule has 2 aromatic rings. The van der Waals surface area contributed by atoms with Crippen LogP contribution in [0.25, 0.3) is 0 Å². The van der Waals surface area contributed by atoms with Crippen LogP contribution in [-0.4, -0.2) is 10.9 Å². The van der Waals surface area contributed by atoms with Crippen LogP contribution in [0.3, 0.4) is 0 Å². The molecule has 0 unspecified atom stereocenters. The van der Waals surface area contributed by atoms with Gasteiger partial charge < -0.3 is 5.32 Å². The number of rotatable bonds is 3. The van der Waals surface area contributed by atoms with Crippen LogP contribution >= 0.6 is 11.6 Å². The summed E-state index contributed by atoms with van der Waals surface area (Å²) in [5, 5.41) is 3.29. The smallest absolute Gasteiger partial charge is 0.229 e. The maximum Gasteiger partial charge on any atom is 0.229 e. The standard InChI is InChI=1S/C15H12ClFN2O/c16-10-3-6-14(18-8-10)19-15(20)13-7-12(13)9-1-4-11(17)5-2-9/h1-6,8,12-13H,7H2,(H,18,19,20)/t12-,13+/m1/s1. The van der Waals surface area contributed by atoms with Gasteiger partial charge in [0.15, 0.2) is 0 Å². The van der Waals surface area contributed by atoms with Gasteiger partial charge in [0.05, 0.1) is 5.02 Å². The van der Waals surface area contributed by atoms with E-state index in [4.69, 9.17) is 11.6 Å². The van der Waals surface area contributed by atoms with Crippen LogP contribution in [0.15, 0.2) is 42.6 Å². The number of halogens is 2. The molecule has 0 spiro atoms. The van der Waals surface area contributed by atoms with E-state index < -0.39 is 0 Å². The summed E-state index contributed by atoms with van der Waals surface area (Å²) in [5.41, 5.74) is 0.996.